The molecule has 0 bridgehead atoms. The number of aryl methyl sites for hydroxylation is 2. The van der Waals surface area contributed by atoms with Crippen LogP contribution in [0.1, 0.15) is 83.9 Å². The molecule has 31 heavy (non-hydrogen) atoms. The molecule has 1 saturated carbocycles. The van der Waals surface area contributed by atoms with Crippen LogP contribution in [-0.2, 0) is 5.41 Å². The number of carbonyl (C=O) groups is 2. The van der Waals surface area contributed by atoms with E-state index in [0.717, 1.165) is 36.8 Å². The van der Waals surface area contributed by atoms with Crippen LogP contribution < -0.4 is 0 Å². The number of halogens is 3. The van der Waals surface area contributed by atoms with Crippen molar-refractivity contribution in [1.29, 1.82) is 0 Å². The van der Waals surface area contributed by atoms with Gasteiger partial charge in [0, 0.05) is 18.5 Å². The first-order valence-corrected chi connectivity index (χ1v) is 13.1. The molecular formula is C25H28Cl3O2P. The third-order valence-corrected chi connectivity index (χ3v) is 9.34. The smallest absolute Gasteiger partial charge is 0.195 e. The van der Waals surface area contributed by atoms with E-state index < -0.39 is 7.92 Å². The van der Waals surface area contributed by atoms with E-state index in [0.29, 0.717) is 10.6 Å². The SMILES string of the molecule is Cc1cc(C(C)(C)C)cc(C)c1C(=O)P(C(=O)c1c(Cl)cc(Cl)cc1Cl)C1CCCC1. The highest BCUT2D eigenvalue weighted by atomic mass is 35.5. The Labute approximate surface area is 201 Å². The topological polar surface area (TPSA) is 34.1 Å². The third-order valence-electron chi connectivity index (χ3n) is 5.96. The second-order valence-corrected chi connectivity index (χ2v) is 12.9. The zero-order valence-corrected chi connectivity index (χ0v) is 21.8. The lowest BCUT2D eigenvalue weighted by Crippen LogP contribution is -2.19. The van der Waals surface area contributed by atoms with Gasteiger partial charge in [0.05, 0.1) is 15.6 Å². The summed E-state index contributed by atoms with van der Waals surface area (Å²) >= 11 is 18.8. The normalized spacial score (nSPS) is 15.9. The molecule has 1 aliphatic rings. The average Bonchev–Trinajstić information content (AvgIpc) is 3.13. The molecule has 0 aromatic heterocycles. The lowest BCUT2D eigenvalue weighted by atomic mass is 9.84. The summed E-state index contributed by atoms with van der Waals surface area (Å²) in [4.78, 5) is 27.7. The molecule has 166 valence electrons. The van der Waals surface area contributed by atoms with E-state index in [1.165, 1.54) is 17.7 Å². The maximum atomic E-state index is 13.9. The van der Waals surface area contributed by atoms with Gasteiger partial charge in [0.25, 0.3) is 0 Å². The molecule has 1 unspecified atom stereocenters. The highest BCUT2D eigenvalue weighted by molar-refractivity contribution is 7.90. The molecular weight excluding hydrogens is 470 g/mol. The first-order chi connectivity index (χ1) is 14.4. The van der Waals surface area contributed by atoms with Crippen LogP contribution in [0.15, 0.2) is 24.3 Å². The molecule has 0 radical (unpaired) electrons. The van der Waals surface area contributed by atoms with E-state index in [4.69, 9.17) is 34.8 Å². The minimum Gasteiger partial charge on any atom is -0.289 e. The van der Waals surface area contributed by atoms with Gasteiger partial charge in [-0.05, 0) is 66.6 Å². The Hall–Kier alpha value is -0.920. The monoisotopic (exact) mass is 496 g/mol. The van der Waals surface area contributed by atoms with Crippen molar-refractivity contribution < 1.29 is 9.59 Å². The Balaban J connectivity index is 2.11. The molecule has 0 saturated heterocycles. The van der Waals surface area contributed by atoms with Crippen LogP contribution in [0.25, 0.3) is 0 Å². The number of hydrogen-bond acceptors (Lipinski definition) is 2. The van der Waals surface area contributed by atoms with Crippen molar-refractivity contribution in [3.8, 4) is 0 Å². The van der Waals surface area contributed by atoms with Gasteiger partial charge in [-0.25, -0.2) is 0 Å². The molecule has 2 aromatic carbocycles. The summed E-state index contributed by atoms with van der Waals surface area (Å²) in [6, 6.07) is 7.19. The second-order valence-electron chi connectivity index (χ2n) is 9.40. The van der Waals surface area contributed by atoms with Gasteiger partial charge in [-0.3, -0.25) is 9.59 Å². The van der Waals surface area contributed by atoms with Crippen LogP contribution in [0.5, 0.6) is 0 Å². The number of benzene rings is 2. The highest BCUT2D eigenvalue weighted by Crippen LogP contribution is 2.55. The van der Waals surface area contributed by atoms with Crippen molar-refractivity contribution in [3.63, 3.8) is 0 Å². The second kappa shape index (κ2) is 9.52. The largest absolute Gasteiger partial charge is 0.289 e. The molecule has 2 nitrogen and oxygen atoms in total. The van der Waals surface area contributed by atoms with Crippen molar-refractivity contribution in [1.82, 2.24) is 0 Å². The van der Waals surface area contributed by atoms with Gasteiger partial charge in [0.1, 0.15) is 0 Å². The molecule has 1 fully saturated rings. The van der Waals surface area contributed by atoms with Crippen LogP contribution in [0.2, 0.25) is 15.1 Å². The first kappa shape index (κ1) is 24.7. The molecule has 0 amide bonds. The van der Waals surface area contributed by atoms with E-state index in [9.17, 15) is 9.59 Å². The minimum absolute atomic E-state index is 0.0204. The van der Waals surface area contributed by atoms with Gasteiger partial charge in [-0.15, -0.1) is 0 Å². The Kier molecular flexibility index (Phi) is 7.59. The lowest BCUT2D eigenvalue weighted by molar-refractivity contribution is 0.105. The maximum Gasteiger partial charge on any atom is 0.195 e. The summed E-state index contributed by atoms with van der Waals surface area (Å²) in [5, 5.41) is 0.780. The molecule has 0 heterocycles. The van der Waals surface area contributed by atoms with Gasteiger partial charge in [0.2, 0.25) is 0 Å². The van der Waals surface area contributed by atoms with Crippen LogP contribution in [-0.4, -0.2) is 16.7 Å². The fourth-order valence-electron chi connectivity index (χ4n) is 4.31. The van der Waals surface area contributed by atoms with Crippen molar-refractivity contribution in [2.45, 2.75) is 71.4 Å². The van der Waals surface area contributed by atoms with E-state index in [1.807, 2.05) is 13.8 Å². The molecule has 1 aliphatic carbocycles. The van der Waals surface area contributed by atoms with E-state index in [2.05, 4.69) is 32.9 Å². The summed E-state index contributed by atoms with van der Waals surface area (Å²) in [5.74, 6) is 0. The van der Waals surface area contributed by atoms with Gasteiger partial charge < -0.3 is 0 Å². The van der Waals surface area contributed by atoms with E-state index in [-0.39, 0.29) is 37.7 Å². The fourth-order valence-corrected chi connectivity index (χ4v) is 8.23. The van der Waals surface area contributed by atoms with Crippen molar-refractivity contribution in [2.75, 3.05) is 0 Å². The number of hydrogen-bond donors (Lipinski definition) is 0. The highest BCUT2D eigenvalue weighted by Gasteiger charge is 2.39. The fraction of sp³-hybridized carbons (Fsp3) is 0.440. The van der Waals surface area contributed by atoms with Gasteiger partial charge in [0.15, 0.2) is 11.0 Å². The third kappa shape index (κ3) is 5.19. The summed E-state index contributed by atoms with van der Waals surface area (Å²) in [6.07, 6.45) is 3.83. The predicted octanol–water partition coefficient (Wildman–Crippen LogP) is 8.97. The average molecular weight is 498 g/mol. The zero-order chi connectivity index (χ0) is 23.1. The van der Waals surface area contributed by atoms with Gasteiger partial charge in [-0.1, -0.05) is 80.5 Å². The Morgan fingerprint density at radius 2 is 1.29 bits per heavy atom. The van der Waals surface area contributed by atoms with Crippen molar-refractivity contribution in [3.05, 3.63) is 67.2 Å². The molecule has 6 heteroatoms. The number of rotatable bonds is 5. The molecule has 2 aromatic rings. The molecule has 1 atom stereocenters. The summed E-state index contributed by atoms with van der Waals surface area (Å²) in [5.41, 5.74) is 3.64. The summed E-state index contributed by atoms with van der Waals surface area (Å²) in [7, 11) is -1.64. The summed E-state index contributed by atoms with van der Waals surface area (Å²) in [6.45, 7) is 10.4. The Morgan fingerprint density at radius 3 is 1.74 bits per heavy atom. The molecule has 0 aliphatic heterocycles. The predicted molar refractivity (Wildman–Crippen MR) is 134 cm³/mol. The zero-order valence-electron chi connectivity index (χ0n) is 18.6. The summed E-state index contributed by atoms with van der Waals surface area (Å²) < 4.78 is 0. The Bertz CT molecular complexity index is 988. The van der Waals surface area contributed by atoms with Crippen LogP contribution in [0, 0.1) is 13.8 Å². The van der Waals surface area contributed by atoms with Crippen LogP contribution in [0.4, 0.5) is 0 Å². The first-order valence-electron chi connectivity index (χ1n) is 10.6. The van der Waals surface area contributed by atoms with Gasteiger partial charge >= 0.3 is 0 Å². The Morgan fingerprint density at radius 1 is 0.839 bits per heavy atom. The number of carbonyl (C=O) groups excluding carboxylic acids is 2. The van der Waals surface area contributed by atoms with E-state index >= 15 is 0 Å². The molecule has 3 rings (SSSR count). The van der Waals surface area contributed by atoms with Gasteiger partial charge in [-0.2, -0.15) is 0 Å². The van der Waals surface area contributed by atoms with Crippen molar-refractivity contribution >= 4 is 53.8 Å². The van der Waals surface area contributed by atoms with Crippen molar-refractivity contribution in [2.24, 2.45) is 0 Å². The van der Waals surface area contributed by atoms with E-state index in [1.54, 1.807) is 0 Å². The maximum absolute atomic E-state index is 13.9. The quantitative estimate of drug-likeness (QED) is 0.386. The minimum atomic E-state index is -1.64. The van der Waals surface area contributed by atoms with Crippen LogP contribution in [0.3, 0.4) is 0 Å². The standard InChI is InChI=1S/C25H28Cl3O2P/c1-14-10-16(25(3,4)5)11-15(2)21(14)23(29)31(18-8-6-7-9-18)24(30)22-19(27)12-17(26)13-20(22)28/h10-13,18H,6-9H2,1-5H3. The molecule has 0 N–H and O–H groups in total. The lowest BCUT2D eigenvalue weighted by Gasteiger charge is -2.26. The molecule has 0 spiro atoms. The van der Waals surface area contributed by atoms with Crippen LogP contribution >= 0.6 is 42.7 Å².